The molecule has 2 heterocycles. The fourth-order valence-corrected chi connectivity index (χ4v) is 4.51. The lowest BCUT2D eigenvalue weighted by atomic mass is 10.1. The summed E-state index contributed by atoms with van der Waals surface area (Å²) in [6, 6.07) is 9.25. The Hall–Kier alpha value is -3.60. The fourth-order valence-electron chi connectivity index (χ4n) is 3.42. The van der Waals surface area contributed by atoms with Gasteiger partial charge >= 0.3 is 5.97 Å². The number of hydrogen-bond acceptors (Lipinski definition) is 8. The highest BCUT2D eigenvalue weighted by Gasteiger charge is 2.31. The summed E-state index contributed by atoms with van der Waals surface area (Å²) in [5, 5.41) is 22.5. The minimum Gasteiger partial charge on any atom is -0.493 e. The number of methoxy groups -OCH3 is 2. The van der Waals surface area contributed by atoms with Gasteiger partial charge in [0.15, 0.2) is 17.3 Å². The van der Waals surface area contributed by atoms with Crippen LogP contribution in [0.4, 0.5) is 4.39 Å². The average Bonchev–Trinajstić information content (AvgIpc) is 3.21. The second kappa shape index (κ2) is 9.49. The van der Waals surface area contributed by atoms with E-state index in [4.69, 9.17) is 14.2 Å². The Morgan fingerprint density at radius 1 is 1.12 bits per heavy atom. The molecule has 33 heavy (non-hydrogen) atoms. The molecule has 1 unspecified atom stereocenters. The second-order valence-electron chi connectivity index (χ2n) is 6.96. The number of rotatable bonds is 8. The van der Waals surface area contributed by atoms with E-state index in [0.717, 1.165) is 0 Å². The zero-order valence-corrected chi connectivity index (χ0v) is 18.9. The summed E-state index contributed by atoms with van der Waals surface area (Å²) in [5.74, 6) is 0.423. The molecule has 4 rings (SSSR count). The topological polar surface area (TPSA) is 108 Å². The molecular weight excluding hydrogens is 451 g/mol. The highest BCUT2D eigenvalue weighted by Crippen LogP contribution is 2.42. The van der Waals surface area contributed by atoms with Gasteiger partial charge < -0.3 is 19.3 Å². The molecule has 1 aromatic heterocycles. The summed E-state index contributed by atoms with van der Waals surface area (Å²) in [5.41, 5.74) is 1.72. The van der Waals surface area contributed by atoms with Crippen molar-refractivity contribution in [2.75, 3.05) is 20.8 Å². The summed E-state index contributed by atoms with van der Waals surface area (Å²) >= 11 is 1.24. The van der Waals surface area contributed by atoms with Crippen LogP contribution in [0.5, 0.6) is 17.2 Å². The van der Waals surface area contributed by atoms with E-state index < -0.39 is 17.0 Å². The third-order valence-corrected chi connectivity index (χ3v) is 6.02. The lowest BCUT2D eigenvalue weighted by Gasteiger charge is -2.22. The minimum atomic E-state index is -0.975. The predicted octanol–water partition coefficient (Wildman–Crippen LogP) is 3.70. The number of aromatic nitrogens is 3. The Labute approximate surface area is 193 Å². The van der Waals surface area contributed by atoms with Crippen molar-refractivity contribution in [2.45, 2.75) is 23.8 Å². The molecule has 0 fully saturated rings. The molecule has 0 saturated heterocycles. The van der Waals surface area contributed by atoms with E-state index in [-0.39, 0.29) is 6.42 Å². The molecule has 2 aromatic carbocycles. The van der Waals surface area contributed by atoms with Gasteiger partial charge in [0.25, 0.3) is 0 Å². The minimum absolute atomic E-state index is 0.173. The van der Waals surface area contributed by atoms with Gasteiger partial charge in [0, 0.05) is 5.56 Å². The summed E-state index contributed by atoms with van der Waals surface area (Å²) in [4.78, 5) is 11.5. The van der Waals surface area contributed by atoms with Gasteiger partial charge in [0.1, 0.15) is 5.82 Å². The average molecular weight is 472 g/mol. The summed E-state index contributed by atoms with van der Waals surface area (Å²) in [6.45, 7) is 2.29. The third kappa shape index (κ3) is 4.49. The van der Waals surface area contributed by atoms with Crippen molar-refractivity contribution in [3.05, 3.63) is 47.8 Å². The number of aliphatic carboxylic acids is 1. The molecule has 1 aliphatic heterocycles. The molecule has 3 aromatic rings. The van der Waals surface area contributed by atoms with Crippen LogP contribution in [0.3, 0.4) is 0 Å². The highest BCUT2D eigenvalue weighted by atomic mass is 32.2. The maximum Gasteiger partial charge on any atom is 0.304 e. The standard InChI is InChI=1S/C22H21FN4O5S/c1-4-32-20-15(30-2)9-13(10-16(20)31-3)21-24-25-22-27(21)26-19(17(33-22)11-18(28)29)12-5-7-14(23)8-6-12/h5-10,17H,4,11H2,1-3H3,(H,28,29). The first-order chi connectivity index (χ1) is 15.9. The fraction of sp³-hybridized carbons (Fsp3) is 0.273. The van der Waals surface area contributed by atoms with Crippen LogP contribution < -0.4 is 14.2 Å². The Balaban J connectivity index is 1.84. The van der Waals surface area contributed by atoms with Crippen molar-refractivity contribution in [1.29, 1.82) is 0 Å². The zero-order chi connectivity index (χ0) is 23.5. The number of benzene rings is 2. The van der Waals surface area contributed by atoms with Crippen LogP contribution in [0, 0.1) is 5.82 Å². The zero-order valence-electron chi connectivity index (χ0n) is 18.1. The molecule has 1 aliphatic rings. The van der Waals surface area contributed by atoms with Gasteiger partial charge in [-0.05, 0) is 36.8 Å². The summed E-state index contributed by atoms with van der Waals surface area (Å²) < 4.78 is 31.6. The number of carboxylic acids is 1. The number of carboxylic acid groups (broad SMARTS) is 1. The smallest absolute Gasteiger partial charge is 0.304 e. The van der Waals surface area contributed by atoms with E-state index in [0.29, 0.717) is 51.7 Å². The Morgan fingerprint density at radius 2 is 1.79 bits per heavy atom. The number of halogens is 1. The quantitative estimate of drug-likeness (QED) is 0.529. The number of thioether (sulfide) groups is 1. The summed E-state index contributed by atoms with van der Waals surface area (Å²) in [7, 11) is 3.05. The van der Waals surface area contributed by atoms with Crippen molar-refractivity contribution in [2.24, 2.45) is 5.10 Å². The molecule has 0 aliphatic carbocycles. The van der Waals surface area contributed by atoms with Gasteiger partial charge in [0.05, 0.1) is 38.2 Å². The third-order valence-electron chi connectivity index (χ3n) is 4.88. The van der Waals surface area contributed by atoms with Crippen LogP contribution in [0.2, 0.25) is 0 Å². The molecule has 172 valence electrons. The van der Waals surface area contributed by atoms with Gasteiger partial charge in [-0.1, -0.05) is 23.9 Å². The number of fused-ring (bicyclic) bond motifs is 1. The number of nitrogens with zero attached hydrogens (tertiary/aromatic N) is 4. The van der Waals surface area contributed by atoms with Crippen LogP contribution in [0.25, 0.3) is 11.4 Å². The largest absolute Gasteiger partial charge is 0.493 e. The van der Waals surface area contributed by atoms with Crippen molar-refractivity contribution in [3.8, 4) is 28.6 Å². The van der Waals surface area contributed by atoms with Crippen LogP contribution >= 0.6 is 11.8 Å². The molecule has 9 nitrogen and oxygen atoms in total. The van der Waals surface area contributed by atoms with Crippen LogP contribution in [-0.2, 0) is 4.79 Å². The van der Waals surface area contributed by atoms with E-state index in [2.05, 4.69) is 15.3 Å². The molecule has 0 spiro atoms. The first-order valence-corrected chi connectivity index (χ1v) is 10.9. The molecular formula is C22H21FN4O5S. The lowest BCUT2D eigenvalue weighted by molar-refractivity contribution is -0.136. The Kier molecular flexibility index (Phi) is 6.50. The van der Waals surface area contributed by atoms with E-state index in [1.807, 2.05) is 6.92 Å². The summed E-state index contributed by atoms with van der Waals surface area (Å²) in [6.07, 6.45) is -0.173. The first kappa shape index (κ1) is 22.6. The van der Waals surface area contributed by atoms with Gasteiger partial charge in [-0.2, -0.15) is 9.78 Å². The van der Waals surface area contributed by atoms with Gasteiger partial charge in [-0.25, -0.2) is 4.39 Å². The lowest BCUT2D eigenvalue weighted by Crippen LogP contribution is -2.27. The predicted molar refractivity (Wildman–Crippen MR) is 120 cm³/mol. The van der Waals surface area contributed by atoms with E-state index >= 15 is 0 Å². The van der Waals surface area contributed by atoms with Crippen molar-refractivity contribution < 1.29 is 28.5 Å². The number of carbonyl (C=O) groups is 1. The first-order valence-electron chi connectivity index (χ1n) is 10.0. The van der Waals surface area contributed by atoms with Gasteiger partial charge in [-0.3, -0.25) is 4.79 Å². The maximum absolute atomic E-state index is 13.5. The normalized spacial score (nSPS) is 14.9. The number of hydrogen-bond donors (Lipinski definition) is 1. The van der Waals surface area contributed by atoms with Crippen molar-refractivity contribution in [3.63, 3.8) is 0 Å². The molecule has 11 heteroatoms. The van der Waals surface area contributed by atoms with E-state index in [1.54, 1.807) is 24.3 Å². The van der Waals surface area contributed by atoms with Crippen molar-refractivity contribution >= 4 is 23.4 Å². The van der Waals surface area contributed by atoms with Gasteiger partial charge in [0.2, 0.25) is 10.9 Å². The maximum atomic E-state index is 13.5. The molecule has 1 atom stereocenters. The highest BCUT2D eigenvalue weighted by molar-refractivity contribution is 8.00. The van der Waals surface area contributed by atoms with E-state index in [1.165, 1.54) is 42.8 Å². The SMILES string of the molecule is CCOc1c(OC)cc(-c2nnc3n2N=C(c2ccc(F)cc2)C(CC(=O)O)S3)cc1OC. The van der Waals surface area contributed by atoms with Crippen LogP contribution in [0.1, 0.15) is 18.9 Å². The second-order valence-corrected chi connectivity index (χ2v) is 8.13. The Bertz CT molecular complexity index is 1190. The molecule has 0 amide bonds. The Morgan fingerprint density at radius 3 is 2.36 bits per heavy atom. The van der Waals surface area contributed by atoms with E-state index in [9.17, 15) is 14.3 Å². The number of ether oxygens (including phenoxy) is 3. The van der Waals surface area contributed by atoms with Crippen LogP contribution in [-0.4, -0.2) is 57.7 Å². The van der Waals surface area contributed by atoms with Gasteiger partial charge in [-0.15, -0.1) is 10.2 Å². The molecule has 0 saturated carbocycles. The molecule has 1 N–H and O–H groups in total. The van der Waals surface area contributed by atoms with Crippen molar-refractivity contribution in [1.82, 2.24) is 14.9 Å². The monoisotopic (exact) mass is 472 g/mol. The molecule has 0 radical (unpaired) electrons. The molecule has 0 bridgehead atoms. The van der Waals surface area contributed by atoms with Crippen LogP contribution in [0.15, 0.2) is 46.7 Å².